The molecule has 2 N–H and O–H groups in total. The van der Waals surface area contributed by atoms with E-state index in [1.54, 1.807) is 13.1 Å². The van der Waals surface area contributed by atoms with E-state index in [-0.39, 0.29) is 5.56 Å². The van der Waals surface area contributed by atoms with Gasteiger partial charge in [0.25, 0.3) is 5.56 Å². The minimum absolute atomic E-state index is 0.233. The number of hydrogen-bond donors (Lipinski definition) is 2. The molecular weight excluding hydrogens is 204 g/mol. The van der Waals surface area contributed by atoms with Gasteiger partial charge in [-0.25, -0.2) is 9.97 Å². The highest BCUT2D eigenvalue weighted by Crippen LogP contribution is 2.19. The van der Waals surface area contributed by atoms with Crippen molar-refractivity contribution in [2.75, 3.05) is 12.4 Å². The molecule has 0 aromatic carbocycles. The predicted octanol–water partition coefficient (Wildman–Crippen LogP) is 1.01. The van der Waals surface area contributed by atoms with Crippen LogP contribution >= 0.6 is 11.6 Å². The average Bonchev–Trinajstić information content (AvgIpc) is 2.16. The van der Waals surface area contributed by atoms with E-state index in [2.05, 4.69) is 20.3 Å². The first-order valence-corrected chi connectivity index (χ1v) is 4.32. The van der Waals surface area contributed by atoms with Gasteiger partial charge in [-0.05, 0) is 6.07 Å². The van der Waals surface area contributed by atoms with Crippen LogP contribution in [0.1, 0.15) is 0 Å². The first-order valence-electron chi connectivity index (χ1n) is 3.94. The van der Waals surface area contributed by atoms with Crippen LogP contribution in [0.25, 0.3) is 11.0 Å². The number of hydrogen-bond acceptors (Lipinski definition) is 4. The Kier molecular flexibility index (Phi) is 2.09. The summed E-state index contributed by atoms with van der Waals surface area (Å²) in [6.45, 7) is 0. The molecule has 2 heterocycles. The Morgan fingerprint density at radius 2 is 2.36 bits per heavy atom. The second kappa shape index (κ2) is 3.26. The monoisotopic (exact) mass is 210 g/mol. The number of nitrogens with one attached hydrogen (secondary N) is 2. The summed E-state index contributed by atoms with van der Waals surface area (Å²) in [5, 5.41) is 3.59. The minimum Gasteiger partial charge on any atom is -0.387 e. The third kappa shape index (κ3) is 1.31. The van der Waals surface area contributed by atoms with Crippen LogP contribution in [0.3, 0.4) is 0 Å². The summed E-state index contributed by atoms with van der Waals surface area (Å²) in [7, 11) is 1.71. The van der Waals surface area contributed by atoms with Gasteiger partial charge in [0, 0.05) is 7.05 Å². The summed E-state index contributed by atoms with van der Waals surface area (Å²) in [6, 6.07) is 1.58. The molecule has 6 heteroatoms. The zero-order valence-corrected chi connectivity index (χ0v) is 8.09. The number of aromatic nitrogens is 3. The van der Waals surface area contributed by atoms with E-state index in [0.717, 1.165) is 0 Å². The summed E-state index contributed by atoms with van der Waals surface area (Å²) in [5.41, 5.74) is 0.725. The molecule has 0 saturated carbocycles. The first-order chi connectivity index (χ1) is 6.72. The number of aromatic amines is 1. The van der Waals surface area contributed by atoms with Crippen molar-refractivity contribution in [2.24, 2.45) is 0 Å². The van der Waals surface area contributed by atoms with Crippen molar-refractivity contribution in [3.63, 3.8) is 0 Å². The first kappa shape index (κ1) is 8.96. The summed E-state index contributed by atoms with van der Waals surface area (Å²) < 4.78 is 0. The molecule has 0 amide bonds. The standard InChI is InChI=1S/C8H7ClN4O/c1-10-4-2-5(9)13-7-6(4)8(14)12-3-11-7/h2-3H,1H3,(H2,10,11,12,13,14). The molecule has 2 aromatic heterocycles. The van der Waals surface area contributed by atoms with Gasteiger partial charge in [-0.15, -0.1) is 0 Å². The second-order valence-corrected chi connectivity index (χ2v) is 3.06. The van der Waals surface area contributed by atoms with Crippen LogP contribution in [-0.2, 0) is 0 Å². The molecule has 5 nitrogen and oxygen atoms in total. The number of pyridine rings is 1. The van der Waals surface area contributed by atoms with Crippen molar-refractivity contribution in [3.05, 3.63) is 27.9 Å². The predicted molar refractivity (Wildman–Crippen MR) is 54.7 cm³/mol. The van der Waals surface area contributed by atoms with Gasteiger partial charge in [0.1, 0.15) is 10.5 Å². The maximum absolute atomic E-state index is 11.5. The fraction of sp³-hybridized carbons (Fsp3) is 0.125. The molecule has 2 aromatic rings. The lowest BCUT2D eigenvalue weighted by Gasteiger charge is -2.03. The van der Waals surface area contributed by atoms with E-state index in [1.165, 1.54) is 6.33 Å². The summed E-state index contributed by atoms with van der Waals surface area (Å²) in [5.74, 6) is 0. The van der Waals surface area contributed by atoms with Crippen molar-refractivity contribution < 1.29 is 0 Å². The molecule has 0 aliphatic rings. The Balaban J connectivity index is 2.96. The fourth-order valence-electron chi connectivity index (χ4n) is 1.24. The molecule has 0 fully saturated rings. The van der Waals surface area contributed by atoms with Gasteiger partial charge in [-0.2, -0.15) is 0 Å². The Morgan fingerprint density at radius 1 is 1.57 bits per heavy atom. The van der Waals surface area contributed by atoms with Crippen molar-refractivity contribution >= 4 is 28.3 Å². The van der Waals surface area contributed by atoms with Crippen LogP contribution in [-0.4, -0.2) is 22.0 Å². The molecule has 0 aliphatic heterocycles. The van der Waals surface area contributed by atoms with Gasteiger partial charge >= 0.3 is 0 Å². The quantitative estimate of drug-likeness (QED) is 0.690. The van der Waals surface area contributed by atoms with Crippen LogP contribution in [0.5, 0.6) is 0 Å². The molecule has 0 unspecified atom stereocenters. The largest absolute Gasteiger partial charge is 0.387 e. The number of fused-ring (bicyclic) bond motifs is 1. The topological polar surface area (TPSA) is 70.7 Å². The van der Waals surface area contributed by atoms with Crippen LogP contribution < -0.4 is 10.9 Å². The van der Waals surface area contributed by atoms with Gasteiger partial charge in [0.2, 0.25) is 0 Å². The molecular formula is C8H7ClN4O. The highest BCUT2D eigenvalue weighted by molar-refractivity contribution is 6.30. The molecule has 0 radical (unpaired) electrons. The zero-order chi connectivity index (χ0) is 10.1. The van der Waals surface area contributed by atoms with Crippen molar-refractivity contribution in [1.29, 1.82) is 0 Å². The molecule has 2 rings (SSSR count). The molecule has 0 spiro atoms. The van der Waals surface area contributed by atoms with E-state index in [1.807, 2.05) is 0 Å². The number of H-pyrrole nitrogens is 1. The molecule has 0 aliphatic carbocycles. The van der Waals surface area contributed by atoms with Gasteiger partial charge in [-0.1, -0.05) is 11.6 Å². The van der Waals surface area contributed by atoms with Crippen molar-refractivity contribution in [1.82, 2.24) is 15.0 Å². The number of halogens is 1. The van der Waals surface area contributed by atoms with Crippen LogP contribution in [0, 0.1) is 0 Å². The lowest BCUT2D eigenvalue weighted by atomic mass is 10.3. The zero-order valence-electron chi connectivity index (χ0n) is 7.34. The molecule has 0 saturated heterocycles. The third-order valence-electron chi connectivity index (χ3n) is 1.85. The van der Waals surface area contributed by atoms with E-state index in [9.17, 15) is 4.79 Å². The molecule has 0 atom stereocenters. The Hall–Kier alpha value is -1.62. The van der Waals surface area contributed by atoms with Gasteiger partial charge in [-0.3, -0.25) is 4.79 Å². The van der Waals surface area contributed by atoms with E-state index in [4.69, 9.17) is 11.6 Å². The average molecular weight is 211 g/mol. The maximum Gasteiger partial charge on any atom is 0.262 e. The molecule has 72 valence electrons. The van der Waals surface area contributed by atoms with Crippen molar-refractivity contribution in [2.45, 2.75) is 0 Å². The minimum atomic E-state index is -0.233. The second-order valence-electron chi connectivity index (χ2n) is 2.67. The highest BCUT2D eigenvalue weighted by Gasteiger charge is 2.07. The summed E-state index contributed by atoms with van der Waals surface area (Å²) >= 11 is 5.75. The smallest absolute Gasteiger partial charge is 0.262 e. The van der Waals surface area contributed by atoms with Crippen molar-refractivity contribution in [3.8, 4) is 0 Å². The van der Waals surface area contributed by atoms with Gasteiger partial charge < -0.3 is 10.3 Å². The van der Waals surface area contributed by atoms with Crippen LogP contribution in [0.2, 0.25) is 5.15 Å². The lowest BCUT2D eigenvalue weighted by molar-refractivity contribution is 1.14. The third-order valence-corrected chi connectivity index (χ3v) is 2.04. The fourth-order valence-corrected chi connectivity index (χ4v) is 1.43. The Labute approximate surface area is 84.2 Å². The normalized spacial score (nSPS) is 10.4. The maximum atomic E-state index is 11.5. The Morgan fingerprint density at radius 3 is 3.07 bits per heavy atom. The Bertz CT molecular complexity index is 536. The van der Waals surface area contributed by atoms with E-state index < -0.39 is 0 Å². The summed E-state index contributed by atoms with van der Waals surface area (Å²) in [4.78, 5) is 21.8. The number of rotatable bonds is 1. The molecule has 14 heavy (non-hydrogen) atoms. The van der Waals surface area contributed by atoms with Gasteiger partial charge in [0.05, 0.1) is 12.0 Å². The number of nitrogens with zero attached hydrogens (tertiary/aromatic N) is 2. The van der Waals surface area contributed by atoms with Crippen LogP contribution in [0.15, 0.2) is 17.2 Å². The van der Waals surface area contributed by atoms with Crippen LogP contribution in [0.4, 0.5) is 5.69 Å². The van der Waals surface area contributed by atoms with E-state index >= 15 is 0 Å². The SMILES string of the molecule is CNc1cc(Cl)nc2nc[nH]c(=O)c12. The lowest BCUT2D eigenvalue weighted by Crippen LogP contribution is -2.09. The van der Waals surface area contributed by atoms with Gasteiger partial charge in [0.15, 0.2) is 5.65 Å². The summed E-state index contributed by atoms with van der Waals surface area (Å²) in [6.07, 6.45) is 1.30. The number of anilines is 1. The van der Waals surface area contributed by atoms with E-state index in [0.29, 0.717) is 21.9 Å². The highest BCUT2D eigenvalue weighted by atomic mass is 35.5. The molecule has 0 bridgehead atoms.